The summed E-state index contributed by atoms with van der Waals surface area (Å²) in [7, 11) is 0. The van der Waals surface area contributed by atoms with Gasteiger partial charge < -0.3 is 5.11 Å². The molecule has 0 heterocycles. The van der Waals surface area contributed by atoms with Gasteiger partial charge in [-0.05, 0) is 23.8 Å². The van der Waals surface area contributed by atoms with Gasteiger partial charge in [-0.3, -0.25) is 10.1 Å². The molecule has 0 saturated carbocycles. The molecule has 0 radical (unpaired) electrons. The third-order valence-corrected chi connectivity index (χ3v) is 4.11. The minimum atomic E-state index is -0.441. The average molecular weight is 296 g/mol. The SMILES string of the molecule is O=[N+]([O-])c1ccc(Sc2c(Cl)cccc2CO)cc1. The second-order valence-corrected chi connectivity index (χ2v) is 5.23. The van der Waals surface area contributed by atoms with E-state index in [0.717, 1.165) is 15.4 Å². The molecule has 0 unspecified atom stereocenters. The number of nitrogens with zero attached hydrogens (tertiary/aromatic N) is 1. The summed E-state index contributed by atoms with van der Waals surface area (Å²) in [5.74, 6) is 0. The van der Waals surface area contributed by atoms with Gasteiger partial charge in [-0.1, -0.05) is 35.5 Å². The Morgan fingerprint density at radius 3 is 2.47 bits per heavy atom. The van der Waals surface area contributed by atoms with Crippen LogP contribution in [-0.4, -0.2) is 10.0 Å². The van der Waals surface area contributed by atoms with Crippen LogP contribution in [0.1, 0.15) is 5.56 Å². The van der Waals surface area contributed by atoms with Crippen molar-refractivity contribution in [3.05, 3.63) is 63.2 Å². The first-order chi connectivity index (χ1) is 9.11. The van der Waals surface area contributed by atoms with Gasteiger partial charge in [-0.2, -0.15) is 0 Å². The van der Waals surface area contributed by atoms with E-state index in [1.807, 2.05) is 0 Å². The highest BCUT2D eigenvalue weighted by Crippen LogP contribution is 2.36. The molecule has 98 valence electrons. The van der Waals surface area contributed by atoms with E-state index in [9.17, 15) is 15.2 Å². The fourth-order valence-electron chi connectivity index (χ4n) is 1.55. The van der Waals surface area contributed by atoms with Crippen LogP contribution in [0.4, 0.5) is 5.69 Å². The Bertz CT molecular complexity index is 601. The largest absolute Gasteiger partial charge is 0.392 e. The molecule has 0 aromatic heterocycles. The van der Waals surface area contributed by atoms with Crippen LogP contribution in [0.2, 0.25) is 5.02 Å². The van der Waals surface area contributed by atoms with Crippen molar-refractivity contribution in [1.29, 1.82) is 0 Å². The number of hydrogen-bond acceptors (Lipinski definition) is 4. The molecule has 0 fully saturated rings. The number of hydrogen-bond donors (Lipinski definition) is 1. The Labute approximate surface area is 119 Å². The lowest BCUT2D eigenvalue weighted by Crippen LogP contribution is -1.89. The minimum Gasteiger partial charge on any atom is -0.392 e. The van der Waals surface area contributed by atoms with Gasteiger partial charge in [0.15, 0.2) is 0 Å². The number of aliphatic hydroxyl groups is 1. The lowest BCUT2D eigenvalue weighted by atomic mass is 10.2. The fraction of sp³-hybridized carbons (Fsp3) is 0.0769. The second kappa shape index (κ2) is 6.06. The Morgan fingerprint density at radius 1 is 1.21 bits per heavy atom. The molecule has 6 heteroatoms. The monoisotopic (exact) mass is 295 g/mol. The van der Waals surface area contributed by atoms with Gasteiger partial charge in [-0.15, -0.1) is 0 Å². The van der Waals surface area contributed by atoms with E-state index in [0.29, 0.717) is 5.02 Å². The molecule has 0 amide bonds. The van der Waals surface area contributed by atoms with Crippen molar-refractivity contribution in [2.45, 2.75) is 16.4 Å². The van der Waals surface area contributed by atoms with E-state index in [1.54, 1.807) is 30.3 Å². The van der Waals surface area contributed by atoms with Crippen molar-refractivity contribution >= 4 is 29.1 Å². The lowest BCUT2D eigenvalue weighted by molar-refractivity contribution is -0.384. The number of aliphatic hydroxyl groups excluding tert-OH is 1. The summed E-state index contributed by atoms with van der Waals surface area (Å²) in [5, 5.41) is 20.4. The maximum atomic E-state index is 10.6. The summed E-state index contributed by atoms with van der Waals surface area (Å²) in [6.07, 6.45) is 0. The summed E-state index contributed by atoms with van der Waals surface area (Å²) in [5.41, 5.74) is 0.779. The van der Waals surface area contributed by atoms with Crippen LogP contribution < -0.4 is 0 Å². The van der Waals surface area contributed by atoms with E-state index < -0.39 is 4.92 Å². The van der Waals surface area contributed by atoms with E-state index in [1.165, 1.54) is 23.9 Å². The smallest absolute Gasteiger partial charge is 0.269 e. The predicted octanol–water partition coefficient (Wildman–Crippen LogP) is 3.89. The zero-order valence-electron chi connectivity index (χ0n) is 9.75. The second-order valence-electron chi connectivity index (χ2n) is 3.74. The van der Waals surface area contributed by atoms with E-state index in [-0.39, 0.29) is 12.3 Å². The lowest BCUT2D eigenvalue weighted by Gasteiger charge is -2.08. The van der Waals surface area contributed by atoms with Crippen LogP contribution in [0.15, 0.2) is 52.3 Å². The van der Waals surface area contributed by atoms with Crippen LogP contribution in [-0.2, 0) is 6.61 Å². The number of nitro groups is 1. The molecule has 19 heavy (non-hydrogen) atoms. The molecule has 2 rings (SSSR count). The van der Waals surface area contributed by atoms with Gasteiger partial charge in [0.1, 0.15) is 0 Å². The van der Waals surface area contributed by atoms with E-state index in [2.05, 4.69) is 0 Å². The minimum absolute atomic E-state index is 0.0471. The first-order valence-corrected chi connectivity index (χ1v) is 6.62. The molecular formula is C13H10ClNO3S. The highest BCUT2D eigenvalue weighted by molar-refractivity contribution is 7.99. The number of non-ortho nitro benzene ring substituents is 1. The average Bonchev–Trinajstić information content (AvgIpc) is 2.41. The van der Waals surface area contributed by atoms with Crippen molar-refractivity contribution in [1.82, 2.24) is 0 Å². The molecule has 2 aromatic carbocycles. The maximum Gasteiger partial charge on any atom is 0.269 e. The standard InChI is InChI=1S/C13H10ClNO3S/c14-12-3-1-2-9(8-16)13(12)19-11-6-4-10(5-7-11)15(17)18/h1-7,16H,8H2. The third kappa shape index (κ3) is 3.26. The third-order valence-electron chi connectivity index (χ3n) is 2.49. The molecule has 4 nitrogen and oxygen atoms in total. The van der Waals surface area contributed by atoms with E-state index in [4.69, 9.17) is 11.6 Å². The Kier molecular flexibility index (Phi) is 4.42. The van der Waals surface area contributed by atoms with Crippen LogP contribution in [0, 0.1) is 10.1 Å². The van der Waals surface area contributed by atoms with Gasteiger partial charge in [0.25, 0.3) is 5.69 Å². The molecule has 0 aliphatic heterocycles. The normalized spacial score (nSPS) is 10.4. The summed E-state index contributed by atoms with van der Waals surface area (Å²) < 4.78 is 0. The van der Waals surface area contributed by atoms with Crippen molar-refractivity contribution < 1.29 is 10.0 Å². The van der Waals surface area contributed by atoms with Gasteiger partial charge >= 0.3 is 0 Å². The van der Waals surface area contributed by atoms with Crippen LogP contribution in [0.25, 0.3) is 0 Å². The number of nitro benzene ring substituents is 1. The Morgan fingerprint density at radius 2 is 1.89 bits per heavy atom. The Hall–Kier alpha value is -1.56. The predicted molar refractivity (Wildman–Crippen MR) is 74.6 cm³/mol. The highest BCUT2D eigenvalue weighted by Gasteiger charge is 2.10. The first kappa shape index (κ1) is 13.9. The zero-order chi connectivity index (χ0) is 13.8. The number of benzene rings is 2. The molecule has 0 bridgehead atoms. The summed E-state index contributed by atoms with van der Waals surface area (Å²) in [4.78, 5) is 11.7. The fourth-order valence-corrected chi connectivity index (χ4v) is 2.79. The topological polar surface area (TPSA) is 63.4 Å². The zero-order valence-corrected chi connectivity index (χ0v) is 11.3. The van der Waals surface area contributed by atoms with Crippen LogP contribution in [0.3, 0.4) is 0 Å². The molecule has 0 saturated heterocycles. The molecule has 0 atom stereocenters. The molecule has 0 spiro atoms. The quantitative estimate of drug-likeness (QED) is 0.686. The van der Waals surface area contributed by atoms with Crippen molar-refractivity contribution in [2.24, 2.45) is 0 Å². The van der Waals surface area contributed by atoms with Gasteiger partial charge in [0, 0.05) is 21.9 Å². The first-order valence-electron chi connectivity index (χ1n) is 5.42. The van der Waals surface area contributed by atoms with Gasteiger partial charge in [-0.25, -0.2) is 0 Å². The summed E-state index contributed by atoms with van der Waals surface area (Å²) in [6, 6.07) is 11.5. The molecule has 1 N–H and O–H groups in total. The maximum absolute atomic E-state index is 10.6. The number of rotatable bonds is 4. The molecule has 0 aliphatic carbocycles. The summed E-state index contributed by atoms with van der Waals surface area (Å²) in [6.45, 7) is -0.101. The van der Waals surface area contributed by atoms with Crippen LogP contribution >= 0.6 is 23.4 Å². The number of halogens is 1. The highest BCUT2D eigenvalue weighted by atomic mass is 35.5. The summed E-state index contributed by atoms with van der Waals surface area (Å²) >= 11 is 7.47. The van der Waals surface area contributed by atoms with Crippen molar-refractivity contribution in [2.75, 3.05) is 0 Å². The van der Waals surface area contributed by atoms with Crippen molar-refractivity contribution in [3.63, 3.8) is 0 Å². The van der Waals surface area contributed by atoms with Gasteiger partial charge in [0.05, 0.1) is 16.6 Å². The van der Waals surface area contributed by atoms with Crippen LogP contribution in [0.5, 0.6) is 0 Å². The molecular weight excluding hydrogens is 286 g/mol. The van der Waals surface area contributed by atoms with E-state index >= 15 is 0 Å². The molecule has 0 aliphatic rings. The Balaban J connectivity index is 2.28. The molecule has 2 aromatic rings. The van der Waals surface area contributed by atoms with Gasteiger partial charge in [0.2, 0.25) is 0 Å². The van der Waals surface area contributed by atoms with Crippen molar-refractivity contribution in [3.8, 4) is 0 Å².